The van der Waals surface area contributed by atoms with Crippen molar-refractivity contribution in [1.82, 2.24) is 29.9 Å². The second kappa shape index (κ2) is 6.42. The van der Waals surface area contributed by atoms with E-state index in [-0.39, 0.29) is 11.9 Å². The van der Waals surface area contributed by atoms with E-state index in [9.17, 15) is 4.79 Å². The molecule has 26 heavy (non-hydrogen) atoms. The van der Waals surface area contributed by atoms with Crippen LogP contribution >= 0.6 is 0 Å². The minimum absolute atomic E-state index is 0.0851. The highest BCUT2D eigenvalue weighted by Crippen LogP contribution is 2.38. The van der Waals surface area contributed by atoms with Crippen LogP contribution in [0.15, 0.2) is 4.52 Å². The third-order valence-electron chi connectivity index (χ3n) is 5.30. The van der Waals surface area contributed by atoms with Crippen LogP contribution < -0.4 is 0 Å². The fourth-order valence-corrected chi connectivity index (χ4v) is 3.28. The first-order valence-electron chi connectivity index (χ1n) is 9.09. The summed E-state index contributed by atoms with van der Waals surface area (Å²) in [5.74, 6) is 1.76. The molecule has 2 aliphatic rings. The molecule has 0 radical (unpaired) electrons. The molecule has 1 unspecified atom stereocenters. The summed E-state index contributed by atoms with van der Waals surface area (Å²) in [6.45, 7) is 7.51. The third-order valence-corrected chi connectivity index (χ3v) is 5.30. The van der Waals surface area contributed by atoms with Gasteiger partial charge in [-0.25, -0.2) is 4.98 Å². The van der Waals surface area contributed by atoms with Gasteiger partial charge in [0, 0.05) is 25.6 Å². The number of hydrogen-bond donors (Lipinski definition) is 0. The van der Waals surface area contributed by atoms with Gasteiger partial charge in [0.2, 0.25) is 5.89 Å². The van der Waals surface area contributed by atoms with Crippen molar-refractivity contribution in [2.24, 2.45) is 0 Å². The molecule has 4 rings (SSSR count). The van der Waals surface area contributed by atoms with Gasteiger partial charge in [0.05, 0.1) is 17.1 Å². The molecule has 1 atom stereocenters. The predicted octanol–water partition coefficient (Wildman–Crippen LogP) is 1.79. The lowest BCUT2D eigenvalue weighted by molar-refractivity contribution is 0.0482. The highest BCUT2D eigenvalue weighted by molar-refractivity contribution is 5.93. The van der Waals surface area contributed by atoms with Gasteiger partial charge in [0.15, 0.2) is 5.82 Å². The second-order valence-corrected chi connectivity index (χ2v) is 7.34. The van der Waals surface area contributed by atoms with E-state index in [0.717, 1.165) is 36.6 Å². The Kier molecular flexibility index (Phi) is 4.22. The highest BCUT2D eigenvalue weighted by atomic mass is 16.5. The Bertz CT molecular complexity index is 844. The van der Waals surface area contributed by atoms with Gasteiger partial charge in [0.1, 0.15) is 11.7 Å². The molecule has 2 aromatic heterocycles. The van der Waals surface area contributed by atoms with Crippen LogP contribution in [0.4, 0.5) is 0 Å². The van der Waals surface area contributed by atoms with E-state index in [1.54, 1.807) is 0 Å². The smallest absolute Gasteiger partial charge is 0.274 e. The number of aromatic nitrogens is 4. The maximum Gasteiger partial charge on any atom is 0.274 e. The molecule has 8 nitrogen and oxygen atoms in total. The van der Waals surface area contributed by atoms with Crippen LogP contribution in [0, 0.1) is 20.8 Å². The molecular weight excluding hydrogens is 332 g/mol. The molecule has 0 bridgehead atoms. The molecule has 3 heterocycles. The lowest BCUT2D eigenvalue weighted by Crippen LogP contribution is -2.49. The number of rotatable bonds is 3. The Labute approximate surface area is 152 Å². The van der Waals surface area contributed by atoms with E-state index in [1.807, 2.05) is 32.7 Å². The molecule has 2 fully saturated rings. The summed E-state index contributed by atoms with van der Waals surface area (Å²) in [7, 11) is 2.02. The van der Waals surface area contributed by atoms with E-state index in [1.165, 1.54) is 0 Å². The Hall–Kier alpha value is -2.35. The molecule has 8 heteroatoms. The van der Waals surface area contributed by atoms with Crippen molar-refractivity contribution in [3.63, 3.8) is 0 Å². The molecular formula is C18H24N6O2. The Morgan fingerprint density at radius 1 is 1.04 bits per heavy atom. The van der Waals surface area contributed by atoms with E-state index < -0.39 is 0 Å². The minimum Gasteiger partial charge on any atom is -0.338 e. The Morgan fingerprint density at radius 2 is 1.77 bits per heavy atom. The average molecular weight is 356 g/mol. The maximum absolute atomic E-state index is 13.0. The molecule has 0 N–H and O–H groups in total. The van der Waals surface area contributed by atoms with Crippen LogP contribution in [0.2, 0.25) is 0 Å². The SMILES string of the molecule is Cc1nc(C)c(C(=O)N2CCN(C)C(c3nc(C4CC4)no3)C2)nc1C. The van der Waals surface area contributed by atoms with Gasteiger partial charge in [-0.05, 0) is 40.7 Å². The molecule has 138 valence electrons. The third kappa shape index (κ3) is 3.09. The van der Waals surface area contributed by atoms with Crippen molar-refractivity contribution in [3.05, 3.63) is 34.5 Å². The number of carbonyl (C=O) groups excluding carboxylic acids is 1. The number of nitrogens with zero attached hydrogens (tertiary/aromatic N) is 6. The topological polar surface area (TPSA) is 88.3 Å². The summed E-state index contributed by atoms with van der Waals surface area (Å²) in [5, 5.41) is 4.11. The quantitative estimate of drug-likeness (QED) is 0.828. The minimum atomic E-state index is -0.0903. The van der Waals surface area contributed by atoms with Crippen LogP contribution in [0.25, 0.3) is 0 Å². The van der Waals surface area contributed by atoms with E-state index in [0.29, 0.717) is 36.3 Å². The van der Waals surface area contributed by atoms with Gasteiger partial charge in [-0.1, -0.05) is 5.16 Å². The van der Waals surface area contributed by atoms with Gasteiger partial charge in [-0.15, -0.1) is 0 Å². The number of likely N-dealkylation sites (N-methyl/N-ethyl adjacent to an activating group) is 1. The number of hydrogen-bond acceptors (Lipinski definition) is 7. The van der Waals surface area contributed by atoms with Crippen LogP contribution in [0.1, 0.15) is 64.1 Å². The number of aryl methyl sites for hydroxylation is 3. The van der Waals surface area contributed by atoms with Crippen molar-refractivity contribution in [2.75, 3.05) is 26.7 Å². The first-order chi connectivity index (χ1) is 12.4. The summed E-state index contributed by atoms with van der Waals surface area (Å²) in [4.78, 5) is 30.5. The Morgan fingerprint density at radius 3 is 2.50 bits per heavy atom. The zero-order valence-electron chi connectivity index (χ0n) is 15.7. The molecule has 2 aromatic rings. The summed E-state index contributed by atoms with van der Waals surface area (Å²) in [6, 6.07) is -0.0903. The van der Waals surface area contributed by atoms with Gasteiger partial charge < -0.3 is 9.42 Å². The predicted molar refractivity (Wildman–Crippen MR) is 93.8 cm³/mol. The fraction of sp³-hybridized carbons (Fsp3) is 0.611. The molecule has 1 saturated carbocycles. The highest BCUT2D eigenvalue weighted by Gasteiger charge is 2.35. The van der Waals surface area contributed by atoms with Crippen molar-refractivity contribution in [3.8, 4) is 0 Å². The Balaban J connectivity index is 1.55. The fourth-order valence-electron chi connectivity index (χ4n) is 3.28. The van der Waals surface area contributed by atoms with Gasteiger partial charge in [0.25, 0.3) is 5.91 Å². The second-order valence-electron chi connectivity index (χ2n) is 7.34. The van der Waals surface area contributed by atoms with Gasteiger partial charge >= 0.3 is 0 Å². The van der Waals surface area contributed by atoms with Crippen LogP contribution in [-0.4, -0.2) is 62.5 Å². The maximum atomic E-state index is 13.0. The van der Waals surface area contributed by atoms with Gasteiger partial charge in [-0.3, -0.25) is 14.7 Å². The molecule has 0 aromatic carbocycles. The number of carbonyl (C=O) groups is 1. The molecule has 1 amide bonds. The van der Waals surface area contributed by atoms with Crippen molar-refractivity contribution in [2.45, 2.75) is 45.6 Å². The van der Waals surface area contributed by atoms with Crippen LogP contribution in [0.5, 0.6) is 0 Å². The molecule has 1 saturated heterocycles. The lowest BCUT2D eigenvalue weighted by atomic mass is 10.1. The van der Waals surface area contributed by atoms with Crippen molar-refractivity contribution in [1.29, 1.82) is 0 Å². The number of amides is 1. The summed E-state index contributed by atoms with van der Waals surface area (Å²) < 4.78 is 5.50. The zero-order chi connectivity index (χ0) is 18.4. The molecule has 1 aliphatic carbocycles. The van der Waals surface area contributed by atoms with E-state index >= 15 is 0 Å². The monoisotopic (exact) mass is 356 g/mol. The van der Waals surface area contributed by atoms with E-state index in [2.05, 4.69) is 25.0 Å². The normalized spacial score (nSPS) is 21.2. The molecule has 1 aliphatic heterocycles. The van der Waals surface area contributed by atoms with E-state index in [4.69, 9.17) is 4.52 Å². The molecule has 0 spiro atoms. The summed E-state index contributed by atoms with van der Waals surface area (Å²) >= 11 is 0. The van der Waals surface area contributed by atoms with Crippen LogP contribution in [-0.2, 0) is 0 Å². The average Bonchev–Trinajstić information content (AvgIpc) is 3.35. The summed E-state index contributed by atoms with van der Waals surface area (Å²) in [5.41, 5.74) is 2.74. The first kappa shape index (κ1) is 17.1. The van der Waals surface area contributed by atoms with Gasteiger partial charge in [-0.2, -0.15) is 4.98 Å². The zero-order valence-corrected chi connectivity index (χ0v) is 15.7. The van der Waals surface area contributed by atoms with Crippen molar-refractivity contribution < 1.29 is 9.32 Å². The van der Waals surface area contributed by atoms with Crippen molar-refractivity contribution >= 4 is 5.91 Å². The largest absolute Gasteiger partial charge is 0.338 e. The van der Waals surface area contributed by atoms with Crippen LogP contribution in [0.3, 0.4) is 0 Å². The standard InChI is InChI=1S/C18H24N6O2/c1-10-11(2)20-15(12(3)19-10)18(25)24-8-7-23(4)14(9-24)17-21-16(22-26-17)13-5-6-13/h13-14H,5-9H2,1-4H3. The summed E-state index contributed by atoms with van der Waals surface area (Å²) in [6.07, 6.45) is 2.27. The number of piperazine rings is 1. The first-order valence-corrected chi connectivity index (χ1v) is 9.09. The lowest BCUT2D eigenvalue weighted by Gasteiger charge is -2.37.